The van der Waals surface area contributed by atoms with Gasteiger partial charge in [-0.1, -0.05) is 12.1 Å². The van der Waals surface area contributed by atoms with Gasteiger partial charge in [0.2, 0.25) is 0 Å². The van der Waals surface area contributed by atoms with Gasteiger partial charge in [-0.25, -0.2) is 0 Å². The van der Waals surface area contributed by atoms with Crippen molar-refractivity contribution in [3.63, 3.8) is 0 Å². The molecule has 0 aliphatic carbocycles. The molecule has 1 aromatic carbocycles. The summed E-state index contributed by atoms with van der Waals surface area (Å²) < 4.78 is 0. The van der Waals surface area contributed by atoms with Crippen molar-refractivity contribution in [2.24, 2.45) is 0 Å². The Bertz CT molecular complexity index is 454. The Balaban J connectivity index is 1.81. The second kappa shape index (κ2) is 6.81. The molecule has 0 bridgehead atoms. The Morgan fingerprint density at radius 3 is 2.55 bits per heavy atom. The molecule has 0 spiro atoms. The molecule has 5 nitrogen and oxygen atoms in total. The maximum absolute atomic E-state index is 10.7. The van der Waals surface area contributed by atoms with Crippen molar-refractivity contribution in [3.05, 3.63) is 39.9 Å². The Labute approximate surface area is 120 Å². The molecule has 1 aliphatic heterocycles. The number of non-ortho nitro benzene ring substituents is 1. The largest absolute Gasteiger partial charge is 0.300 e. The summed E-state index contributed by atoms with van der Waals surface area (Å²) in [5.41, 5.74) is 1.23. The molecule has 1 fully saturated rings. The maximum Gasteiger partial charge on any atom is 0.269 e. The molecule has 1 aliphatic rings. The third-order valence-electron chi connectivity index (χ3n) is 3.98. The molecule has 0 atom stereocenters. The summed E-state index contributed by atoms with van der Waals surface area (Å²) in [6.07, 6.45) is 0.878. The van der Waals surface area contributed by atoms with Gasteiger partial charge in [-0.05, 0) is 25.8 Å². The second-order valence-corrected chi connectivity index (χ2v) is 5.65. The van der Waals surface area contributed by atoms with Crippen LogP contribution in [0.5, 0.6) is 0 Å². The van der Waals surface area contributed by atoms with E-state index in [4.69, 9.17) is 0 Å². The third kappa shape index (κ3) is 4.02. The van der Waals surface area contributed by atoms with Crippen molar-refractivity contribution >= 4 is 5.69 Å². The van der Waals surface area contributed by atoms with Crippen LogP contribution in [0.1, 0.15) is 19.4 Å². The topological polar surface area (TPSA) is 49.6 Å². The van der Waals surface area contributed by atoms with Crippen molar-refractivity contribution in [1.29, 1.82) is 0 Å². The first-order valence-corrected chi connectivity index (χ1v) is 7.26. The van der Waals surface area contributed by atoms with Gasteiger partial charge in [0.25, 0.3) is 5.69 Å². The average Bonchev–Trinajstić information content (AvgIpc) is 2.46. The van der Waals surface area contributed by atoms with Crippen LogP contribution in [0, 0.1) is 10.1 Å². The van der Waals surface area contributed by atoms with Crippen molar-refractivity contribution in [3.8, 4) is 0 Å². The molecule has 5 heteroatoms. The van der Waals surface area contributed by atoms with Gasteiger partial charge in [-0.3, -0.25) is 15.0 Å². The Morgan fingerprint density at radius 2 is 1.95 bits per heavy atom. The lowest BCUT2D eigenvalue weighted by molar-refractivity contribution is -0.384. The van der Waals surface area contributed by atoms with E-state index < -0.39 is 0 Å². The van der Waals surface area contributed by atoms with Crippen molar-refractivity contribution in [2.75, 3.05) is 32.7 Å². The van der Waals surface area contributed by atoms with Crippen LogP contribution in [0.2, 0.25) is 0 Å². The number of nitrogens with zero attached hydrogens (tertiary/aromatic N) is 3. The predicted octanol–water partition coefficient (Wildman–Crippen LogP) is 2.16. The molecule has 2 rings (SSSR count). The molecule has 20 heavy (non-hydrogen) atoms. The van der Waals surface area contributed by atoms with E-state index in [0.717, 1.165) is 44.7 Å². The van der Waals surface area contributed by atoms with Crippen LogP contribution < -0.4 is 0 Å². The third-order valence-corrected chi connectivity index (χ3v) is 3.98. The van der Waals surface area contributed by atoms with Crippen molar-refractivity contribution in [2.45, 2.75) is 26.3 Å². The summed E-state index contributed by atoms with van der Waals surface area (Å²) in [4.78, 5) is 15.4. The fourth-order valence-electron chi connectivity index (χ4n) is 2.62. The Kier molecular flexibility index (Phi) is 5.09. The fraction of sp³-hybridized carbons (Fsp3) is 0.600. The minimum absolute atomic E-state index is 0.187. The molecule has 0 N–H and O–H groups in total. The van der Waals surface area contributed by atoms with Gasteiger partial charge < -0.3 is 4.90 Å². The standard InChI is InChI=1S/C15H23N3O2/c1-13(2)17-10-8-16(9-11-17)7-6-14-4-3-5-15(12-14)18(19)20/h3-5,12-13H,6-11H2,1-2H3. The molecule has 110 valence electrons. The van der Waals surface area contributed by atoms with E-state index in [1.807, 2.05) is 6.07 Å². The number of nitro benzene ring substituents is 1. The highest BCUT2D eigenvalue weighted by atomic mass is 16.6. The van der Waals surface area contributed by atoms with Crippen molar-refractivity contribution < 1.29 is 4.92 Å². The molecule has 1 aromatic rings. The zero-order chi connectivity index (χ0) is 14.5. The second-order valence-electron chi connectivity index (χ2n) is 5.65. The SMILES string of the molecule is CC(C)N1CCN(CCc2cccc([N+](=O)[O-])c2)CC1. The summed E-state index contributed by atoms with van der Waals surface area (Å²) in [6.45, 7) is 9.87. The number of hydrogen-bond donors (Lipinski definition) is 0. The van der Waals surface area contributed by atoms with E-state index in [-0.39, 0.29) is 10.6 Å². The number of rotatable bonds is 5. The van der Waals surface area contributed by atoms with E-state index in [2.05, 4.69) is 23.6 Å². The van der Waals surface area contributed by atoms with Crippen LogP contribution in [0.3, 0.4) is 0 Å². The summed E-state index contributed by atoms with van der Waals surface area (Å²) in [5, 5.41) is 10.7. The maximum atomic E-state index is 10.7. The van der Waals surface area contributed by atoms with E-state index in [1.54, 1.807) is 18.2 Å². The van der Waals surface area contributed by atoms with Crippen LogP contribution in [-0.4, -0.2) is 53.5 Å². The molecule has 1 heterocycles. The number of hydrogen-bond acceptors (Lipinski definition) is 4. The van der Waals surface area contributed by atoms with Crippen LogP contribution >= 0.6 is 0 Å². The number of benzene rings is 1. The van der Waals surface area contributed by atoms with Gasteiger partial charge in [0.05, 0.1) is 4.92 Å². The monoisotopic (exact) mass is 277 g/mol. The number of piperazine rings is 1. The minimum Gasteiger partial charge on any atom is -0.300 e. The predicted molar refractivity (Wildman–Crippen MR) is 79.9 cm³/mol. The van der Waals surface area contributed by atoms with Crippen LogP contribution in [-0.2, 0) is 6.42 Å². The molecule has 0 aromatic heterocycles. The van der Waals surface area contributed by atoms with Gasteiger partial charge in [0.15, 0.2) is 0 Å². The molecule has 0 unspecified atom stereocenters. The zero-order valence-electron chi connectivity index (χ0n) is 12.3. The van der Waals surface area contributed by atoms with Gasteiger partial charge in [0.1, 0.15) is 0 Å². The first-order chi connectivity index (χ1) is 9.56. The fourth-order valence-corrected chi connectivity index (χ4v) is 2.62. The minimum atomic E-state index is -0.328. The molecule has 0 amide bonds. The van der Waals surface area contributed by atoms with E-state index >= 15 is 0 Å². The van der Waals surface area contributed by atoms with Gasteiger partial charge in [-0.2, -0.15) is 0 Å². The van der Waals surface area contributed by atoms with Crippen molar-refractivity contribution in [1.82, 2.24) is 9.80 Å². The molecule has 0 radical (unpaired) electrons. The van der Waals surface area contributed by atoms with Gasteiger partial charge >= 0.3 is 0 Å². The van der Waals surface area contributed by atoms with E-state index in [9.17, 15) is 10.1 Å². The molecular formula is C15H23N3O2. The summed E-state index contributed by atoms with van der Waals surface area (Å²) in [5.74, 6) is 0. The first kappa shape index (κ1) is 14.9. The Morgan fingerprint density at radius 1 is 1.25 bits per heavy atom. The van der Waals surface area contributed by atoms with Crippen LogP contribution in [0.25, 0.3) is 0 Å². The lowest BCUT2D eigenvalue weighted by atomic mass is 10.1. The van der Waals surface area contributed by atoms with E-state index in [0.29, 0.717) is 6.04 Å². The average molecular weight is 277 g/mol. The van der Waals surface area contributed by atoms with Gasteiger partial charge in [-0.15, -0.1) is 0 Å². The zero-order valence-corrected chi connectivity index (χ0v) is 12.3. The highest BCUT2D eigenvalue weighted by Crippen LogP contribution is 2.14. The quantitative estimate of drug-likeness (QED) is 0.611. The lowest BCUT2D eigenvalue weighted by Gasteiger charge is -2.36. The summed E-state index contributed by atoms with van der Waals surface area (Å²) >= 11 is 0. The van der Waals surface area contributed by atoms with Crippen LogP contribution in [0.4, 0.5) is 5.69 Å². The van der Waals surface area contributed by atoms with Crippen LogP contribution in [0.15, 0.2) is 24.3 Å². The summed E-state index contributed by atoms with van der Waals surface area (Å²) in [6, 6.07) is 7.59. The smallest absolute Gasteiger partial charge is 0.269 e. The highest BCUT2D eigenvalue weighted by molar-refractivity contribution is 5.34. The number of nitro groups is 1. The van der Waals surface area contributed by atoms with E-state index in [1.165, 1.54) is 0 Å². The first-order valence-electron chi connectivity index (χ1n) is 7.26. The normalized spacial score (nSPS) is 17.6. The molecule has 0 saturated carbocycles. The lowest BCUT2D eigenvalue weighted by Crippen LogP contribution is -2.49. The van der Waals surface area contributed by atoms with Gasteiger partial charge in [0, 0.05) is 50.9 Å². The Hall–Kier alpha value is -1.46. The molecule has 1 saturated heterocycles. The summed E-state index contributed by atoms with van der Waals surface area (Å²) in [7, 11) is 0. The highest BCUT2D eigenvalue weighted by Gasteiger charge is 2.18. The molecular weight excluding hydrogens is 254 g/mol.